The third kappa shape index (κ3) is 2.71. The van der Waals surface area contributed by atoms with Crippen LogP contribution in [0.3, 0.4) is 0 Å². The van der Waals surface area contributed by atoms with Gasteiger partial charge in [0, 0.05) is 13.1 Å². The van der Waals surface area contributed by atoms with Crippen LogP contribution in [0.25, 0.3) is 11.1 Å². The zero-order valence-corrected chi connectivity index (χ0v) is 11.1. The molecule has 2 aromatic rings. The molecule has 0 N–H and O–H groups in total. The maximum atomic E-state index is 12.2. The van der Waals surface area contributed by atoms with E-state index < -0.39 is 5.76 Å². The van der Waals surface area contributed by atoms with Crippen LogP contribution in [0.15, 0.2) is 58.8 Å². The molecule has 2 rings (SSSR count). The van der Waals surface area contributed by atoms with Crippen LogP contribution in [-0.4, -0.2) is 28.5 Å². The Morgan fingerprint density at radius 3 is 2.55 bits per heavy atom. The Morgan fingerprint density at radius 1 is 1.25 bits per heavy atom. The van der Waals surface area contributed by atoms with Crippen molar-refractivity contribution in [1.82, 2.24) is 9.47 Å². The molecular formula is C15H16N2O3. The van der Waals surface area contributed by atoms with Crippen LogP contribution in [0.4, 0.5) is 0 Å². The number of fused-ring (bicyclic) bond motifs is 1. The molecule has 0 unspecified atom stereocenters. The predicted molar refractivity (Wildman–Crippen MR) is 77.4 cm³/mol. The minimum atomic E-state index is -0.531. The van der Waals surface area contributed by atoms with Crippen molar-refractivity contribution in [3.63, 3.8) is 0 Å². The first-order chi connectivity index (χ1) is 9.67. The smallest absolute Gasteiger partial charge is 0.408 e. The van der Waals surface area contributed by atoms with E-state index in [0.29, 0.717) is 24.2 Å². The van der Waals surface area contributed by atoms with Gasteiger partial charge in [-0.1, -0.05) is 24.3 Å². The second-order valence-electron chi connectivity index (χ2n) is 4.30. The summed E-state index contributed by atoms with van der Waals surface area (Å²) in [6, 6.07) is 7.02. The Kier molecular flexibility index (Phi) is 4.20. The molecule has 104 valence electrons. The highest BCUT2D eigenvalue weighted by Crippen LogP contribution is 2.11. The molecule has 0 aliphatic rings. The van der Waals surface area contributed by atoms with Crippen molar-refractivity contribution in [2.45, 2.75) is 6.54 Å². The Labute approximate surface area is 116 Å². The summed E-state index contributed by atoms with van der Waals surface area (Å²) < 4.78 is 6.43. The van der Waals surface area contributed by atoms with Gasteiger partial charge in [-0.3, -0.25) is 9.36 Å². The summed E-state index contributed by atoms with van der Waals surface area (Å²) in [5, 5.41) is 0. The van der Waals surface area contributed by atoms with Gasteiger partial charge in [0.25, 0.3) is 0 Å². The molecular weight excluding hydrogens is 256 g/mol. The van der Waals surface area contributed by atoms with Crippen molar-refractivity contribution in [1.29, 1.82) is 0 Å². The van der Waals surface area contributed by atoms with Gasteiger partial charge in [0.1, 0.15) is 6.54 Å². The van der Waals surface area contributed by atoms with E-state index >= 15 is 0 Å². The van der Waals surface area contributed by atoms with Crippen molar-refractivity contribution < 1.29 is 9.21 Å². The molecule has 0 aliphatic heterocycles. The highest BCUT2D eigenvalue weighted by atomic mass is 16.4. The quantitative estimate of drug-likeness (QED) is 0.753. The van der Waals surface area contributed by atoms with Gasteiger partial charge >= 0.3 is 5.76 Å². The summed E-state index contributed by atoms with van der Waals surface area (Å²) in [5.41, 5.74) is 1.09. The molecule has 5 nitrogen and oxygen atoms in total. The van der Waals surface area contributed by atoms with Crippen molar-refractivity contribution in [3.05, 3.63) is 60.1 Å². The van der Waals surface area contributed by atoms with Gasteiger partial charge in [0.05, 0.1) is 5.52 Å². The Hall–Kier alpha value is -2.56. The number of amides is 1. The van der Waals surface area contributed by atoms with Crippen LogP contribution in [-0.2, 0) is 11.3 Å². The molecule has 0 fully saturated rings. The fourth-order valence-electron chi connectivity index (χ4n) is 1.99. The maximum Gasteiger partial charge on any atom is 0.420 e. The summed E-state index contributed by atoms with van der Waals surface area (Å²) in [5.74, 6) is -0.713. The summed E-state index contributed by atoms with van der Waals surface area (Å²) in [6.07, 6.45) is 3.27. The predicted octanol–water partition coefficient (Wildman–Crippen LogP) is 1.80. The van der Waals surface area contributed by atoms with Crippen molar-refractivity contribution in [3.8, 4) is 0 Å². The topological polar surface area (TPSA) is 55.5 Å². The fourth-order valence-corrected chi connectivity index (χ4v) is 1.99. The van der Waals surface area contributed by atoms with Crippen molar-refractivity contribution in [2.75, 3.05) is 13.1 Å². The second-order valence-corrected chi connectivity index (χ2v) is 4.30. The molecule has 0 spiro atoms. The van der Waals surface area contributed by atoms with E-state index in [-0.39, 0.29) is 12.5 Å². The van der Waals surface area contributed by atoms with E-state index in [1.165, 1.54) is 4.57 Å². The Balaban J connectivity index is 2.29. The molecule has 0 bridgehead atoms. The first-order valence-electron chi connectivity index (χ1n) is 6.25. The fraction of sp³-hybridized carbons (Fsp3) is 0.200. The Bertz CT molecular complexity index is 686. The molecule has 1 aromatic carbocycles. The van der Waals surface area contributed by atoms with Crippen LogP contribution < -0.4 is 5.76 Å². The first kappa shape index (κ1) is 13.9. The monoisotopic (exact) mass is 272 g/mol. The lowest BCUT2D eigenvalue weighted by atomic mass is 10.3. The van der Waals surface area contributed by atoms with Crippen LogP contribution >= 0.6 is 0 Å². The number of aromatic nitrogens is 1. The molecule has 0 radical (unpaired) electrons. The van der Waals surface area contributed by atoms with Gasteiger partial charge < -0.3 is 9.32 Å². The molecule has 5 heteroatoms. The van der Waals surface area contributed by atoms with Gasteiger partial charge in [-0.2, -0.15) is 0 Å². The lowest BCUT2D eigenvalue weighted by Crippen LogP contribution is -2.35. The van der Waals surface area contributed by atoms with Crippen LogP contribution in [0.2, 0.25) is 0 Å². The van der Waals surface area contributed by atoms with Crippen LogP contribution in [0.1, 0.15) is 0 Å². The number of para-hydroxylation sites is 2. The molecule has 0 aliphatic carbocycles. The number of nitrogens with zero attached hydrogens (tertiary/aromatic N) is 2. The average molecular weight is 272 g/mol. The summed E-state index contributed by atoms with van der Waals surface area (Å²) in [4.78, 5) is 25.6. The summed E-state index contributed by atoms with van der Waals surface area (Å²) >= 11 is 0. The molecule has 0 saturated carbocycles. The zero-order chi connectivity index (χ0) is 14.5. The number of rotatable bonds is 6. The zero-order valence-electron chi connectivity index (χ0n) is 11.1. The number of oxazole rings is 1. The van der Waals surface area contributed by atoms with E-state index in [1.807, 2.05) is 0 Å². The van der Waals surface area contributed by atoms with E-state index in [4.69, 9.17) is 4.42 Å². The number of benzene rings is 1. The molecule has 1 aromatic heterocycles. The number of hydrogen-bond donors (Lipinski definition) is 0. The SMILES string of the molecule is C=CCN(CC=C)C(=O)Cn1c(=O)oc2ccccc21. The van der Waals surface area contributed by atoms with E-state index in [9.17, 15) is 9.59 Å². The van der Waals surface area contributed by atoms with Gasteiger partial charge in [-0.05, 0) is 12.1 Å². The molecule has 1 heterocycles. The van der Waals surface area contributed by atoms with Crippen molar-refractivity contribution >= 4 is 17.0 Å². The number of hydrogen-bond acceptors (Lipinski definition) is 3. The van der Waals surface area contributed by atoms with E-state index in [2.05, 4.69) is 13.2 Å². The van der Waals surface area contributed by atoms with Crippen LogP contribution in [0, 0.1) is 0 Å². The average Bonchev–Trinajstić information content (AvgIpc) is 2.75. The third-order valence-electron chi connectivity index (χ3n) is 2.92. The number of carbonyl (C=O) groups excluding carboxylic acids is 1. The van der Waals surface area contributed by atoms with E-state index in [1.54, 1.807) is 41.3 Å². The minimum Gasteiger partial charge on any atom is -0.408 e. The van der Waals surface area contributed by atoms with Gasteiger partial charge in [-0.15, -0.1) is 13.2 Å². The lowest BCUT2D eigenvalue weighted by Gasteiger charge is -2.19. The van der Waals surface area contributed by atoms with Gasteiger partial charge in [0.15, 0.2) is 5.58 Å². The second kappa shape index (κ2) is 6.06. The Morgan fingerprint density at radius 2 is 1.90 bits per heavy atom. The highest BCUT2D eigenvalue weighted by Gasteiger charge is 2.16. The normalized spacial score (nSPS) is 10.4. The summed E-state index contributed by atoms with van der Waals surface area (Å²) in [6.45, 7) is 8.00. The third-order valence-corrected chi connectivity index (χ3v) is 2.92. The largest absolute Gasteiger partial charge is 0.420 e. The highest BCUT2D eigenvalue weighted by molar-refractivity contribution is 5.79. The number of carbonyl (C=O) groups is 1. The molecule has 0 saturated heterocycles. The van der Waals surface area contributed by atoms with E-state index in [0.717, 1.165) is 0 Å². The minimum absolute atomic E-state index is 0.0580. The van der Waals surface area contributed by atoms with Gasteiger partial charge in [-0.25, -0.2) is 4.79 Å². The lowest BCUT2D eigenvalue weighted by molar-refractivity contribution is -0.130. The van der Waals surface area contributed by atoms with Crippen LogP contribution in [0.5, 0.6) is 0 Å². The van der Waals surface area contributed by atoms with Crippen molar-refractivity contribution in [2.24, 2.45) is 0 Å². The van der Waals surface area contributed by atoms with Gasteiger partial charge in [0.2, 0.25) is 5.91 Å². The standard InChI is InChI=1S/C15H16N2O3/c1-3-9-16(10-4-2)14(18)11-17-12-7-5-6-8-13(12)20-15(17)19/h3-8H,1-2,9-11H2. The summed E-state index contributed by atoms with van der Waals surface area (Å²) in [7, 11) is 0. The molecule has 20 heavy (non-hydrogen) atoms. The maximum absolute atomic E-state index is 12.2. The first-order valence-corrected chi connectivity index (χ1v) is 6.25. The molecule has 1 amide bonds. The molecule has 0 atom stereocenters.